The van der Waals surface area contributed by atoms with Gasteiger partial charge in [0.1, 0.15) is 17.6 Å². The number of benzene rings is 2. The van der Waals surface area contributed by atoms with Crippen LogP contribution < -0.4 is 5.32 Å². The Morgan fingerprint density at radius 1 is 1.16 bits per heavy atom. The zero-order valence-electron chi connectivity index (χ0n) is 17.0. The van der Waals surface area contributed by atoms with E-state index in [-0.39, 0.29) is 11.4 Å². The maximum atomic E-state index is 14.5. The molecule has 0 spiro atoms. The highest BCUT2D eigenvalue weighted by Crippen LogP contribution is 2.26. The average Bonchev–Trinajstić information content (AvgIpc) is 3.22. The Kier molecular flexibility index (Phi) is 5.75. The third-order valence-electron chi connectivity index (χ3n) is 4.79. The van der Waals surface area contributed by atoms with Gasteiger partial charge >= 0.3 is 0 Å². The minimum atomic E-state index is -1.07. The number of carbonyl (C=O) groups is 1. The quantitative estimate of drug-likeness (QED) is 0.456. The summed E-state index contributed by atoms with van der Waals surface area (Å²) in [4.78, 5) is 20.5. The predicted octanol–water partition coefficient (Wildman–Crippen LogP) is 4.60. The van der Waals surface area contributed by atoms with Crippen molar-refractivity contribution in [2.45, 2.75) is 13.0 Å². The smallest absolute Gasteiger partial charge is 0.274 e. The van der Waals surface area contributed by atoms with Crippen molar-refractivity contribution in [1.29, 1.82) is 0 Å². The molecule has 0 aliphatic carbocycles. The molecule has 4 aromatic rings. The molecule has 1 amide bonds. The number of hydrogen-bond acceptors (Lipinski definition) is 4. The summed E-state index contributed by atoms with van der Waals surface area (Å²) in [6.45, 7) is 8.92. The van der Waals surface area contributed by atoms with Crippen LogP contribution in [0, 0.1) is 19.3 Å². The van der Waals surface area contributed by atoms with Crippen molar-refractivity contribution in [1.82, 2.24) is 14.8 Å². The van der Waals surface area contributed by atoms with Crippen LogP contribution in [-0.4, -0.2) is 25.8 Å². The lowest BCUT2D eigenvalue weighted by molar-refractivity contribution is 0.101. The fourth-order valence-corrected chi connectivity index (χ4v) is 3.26. The van der Waals surface area contributed by atoms with Crippen molar-refractivity contribution in [3.8, 4) is 5.69 Å². The monoisotopic (exact) mass is 427 g/mol. The maximum Gasteiger partial charge on any atom is 0.274 e. The van der Waals surface area contributed by atoms with Gasteiger partial charge in [-0.2, -0.15) is 5.10 Å². The number of carbonyl (C=O) groups excluding carboxylic acids is 1. The van der Waals surface area contributed by atoms with Gasteiger partial charge in [0.15, 0.2) is 5.69 Å². The third kappa shape index (κ3) is 4.24. The van der Waals surface area contributed by atoms with Crippen molar-refractivity contribution >= 4 is 17.3 Å². The molecule has 1 unspecified atom stereocenters. The van der Waals surface area contributed by atoms with Gasteiger partial charge in [-0.05, 0) is 55.0 Å². The summed E-state index contributed by atoms with van der Waals surface area (Å²) in [7, 11) is 0. The first-order valence-corrected chi connectivity index (χ1v) is 9.70. The van der Waals surface area contributed by atoms with Crippen molar-refractivity contribution in [3.05, 3.63) is 113 Å². The minimum Gasteiger partial charge on any atom is -0.382 e. The summed E-state index contributed by atoms with van der Waals surface area (Å²) in [5.74, 6) is -1.23. The minimum absolute atomic E-state index is 0.0807. The highest BCUT2D eigenvalue weighted by Gasteiger charge is 2.19. The molecule has 0 radical (unpaired) electrons. The van der Waals surface area contributed by atoms with Gasteiger partial charge in [-0.1, -0.05) is 24.3 Å². The summed E-state index contributed by atoms with van der Waals surface area (Å²) < 4.78 is 15.9. The number of aliphatic hydroxyl groups excluding tert-OH is 1. The van der Waals surface area contributed by atoms with E-state index in [2.05, 4.69) is 20.2 Å². The van der Waals surface area contributed by atoms with E-state index in [4.69, 9.17) is 6.57 Å². The number of halogens is 1. The molecule has 2 aromatic heterocycles. The highest BCUT2D eigenvalue weighted by atomic mass is 19.1. The Morgan fingerprint density at radius 3 is 2.75 bits per heavy atom. The average molecular weight is 427 g/mol. The van der Waals surface area contributed by atoms with Crippen molar-refractivity contribution in [2.24, 2.45) is 0 Å². The lowest BCUT2D eigenvalue weighted by atomic mass is 10.0. The maximum absolute atomic E-state index is 14.5. The fourth-order valence-electron chi connectivity index (χ4n) is 3.26. The number of pyridine rings is 1. The van der Waals surface area contributed by atoms with Crippen LogP contribution in [0.25, 0.3) is 10.5 Å². The van der Waals surface area contributed by atoms with Gasteiger partial charge in [0.05, 0.1) is 29.3 Å². The molecule has 2 N–H and O–H groups in total. The van der Waals surface area contributed by atoms with Crippen molar-refractivity contribution in [3.63, 3.8) is 0 Å². The molecule has 2 aromatic carbocycles. The van der Waals surface area contributed by atoms with Crippen LogP contribution in [0.1, 0.15) is 33.5 Å². The zero-order chi connectivity index (χ0) is 22.7. The molecule has 158 valence electrons. The van der Waals surface area contributed by atoms with Crippen molar-refractivity contribution in [2.75, 3.05) is 5.32 Å². The second-order valence-electron chi connectivity index (χ2n) is 7.06. The van der Waals surface area contributed by atoms with Gasteiger partial charge in [-0.15, -0.1) is 0 Å². The largest absolute Gasteiger partial charge is 0.382 e. The molecule has 7 nitrogen and oxygen atoms in total. The Hall–Kier alpha value is -4.35. The predicted molar refractivity (Wildman–Crippen MR) is 117 cm³/mol. The molecule has 1 atom stereocenters. The zero-order valence-corrected chi connectivity index (χ0v) is 17.0. The summed E-state index contributed by atoms with van der Waals surface area (Å²) >= 11 is 0. The Bertz CT molecular complexity index is 1330. The first kappa shape index (κ1) is 20.9. The van der Waals surface area contributed by atoms with Gasteiger partial charge < -0.3 is 10.4 Å². The molecule has 8 heteroatoms. The van der Waals surface area contributed by atoms with Gasteiger partial charge in [-0.3, -0.25) is 9.78 Å². The number of hydrogen-bond donors (Lipinski definition) is 2. The number of aliphatic hydroxyl groups is 1. The number of anilines is 1. The summed E-state index contributed by atoms with van der Waals surface area (Å²) in [5, 5.41) is 17.5. The number of aryl methyl sites for hydroxylation is 1. The molecule has 0 aliphatic rings. The standard InChI is InChI=1S/C24H18FN5O2/c1-15-12-22(30(29-15)18-7-5-6-17(14-18)26-2)24(32)28-21-13-16(9-10-19(21)25)23(31)20-8-3-4-11-27-20/h3-14,23,31H,1H3,(H,28,32). The fraction of sp³-hybridized carbons (Fsp3) is 0.0833. The third-order valence-corrected chi connectivity index (χ3v) is 4.79. The van der Waals surface area contributed by atoms with E-state index in [0.29, 0.717) is 28.3 Å². The van der Waals surface area contributed by atoms with E-state index < -0.39 is 17.8 Å². The number of aromatic nitrogens is 3. The van der Waals surface area contributed by atoms with Crippen LogP contribution >= 0.6 is 0 Å². The van der Waals surface area contributed by atoms with Crippen LogP contribution in [0.4, 0.5) is 15.8 Å². The van der Waals surface area contributed by atoms with Crippen molar-refractivity contribution < 1.29 is 14.3 Å². The Morgan fingerprint density at radius 2 is 2.00 bits per heavy atom. The molecular weight excluding hydrogens is 409 g/mol. The summed E-state index contributed by atoms with van der Waals surface area (Å²) in [5.41, 5.74) is 2.42. The molecule has 0 fully saturated rings. The van der Waals surface area contributed by atoms with E-state index in [0.717, 1.165) is 0 Å². The van der Waals surface area contributed by atoms with E-state index in [1.807, 2.05) is 0 Å². The molecule has 0 bridgehead atoms. The van der Waals surface area contributed by atoms with Gasteiger partial charge in [0, 0.05) is 6.20 Å². The molecule has 0 saturated carbocycles. The van der Waals surface area contributed by atoms with E-state index in [9.17, 15) is 14.3 Å². The molecule has 0 aliphatic heterocycles. The Balaban J connectivity index is 1.65. The lowest BCUT2D eigenvalue weighted by Gasteiger charge is -2.14. The first-order chi connectivity index (χ1) is 15.5. The highest BCUT2D eigenvalue weighted by molar-refractivity contribution is 6.03. The molecular formula is C24H18FN5O2. The van der Waals surface area contributed by atoms with Crippen LogP contribution in [0.3, 0.4) is 0 Å². The van der Waals surface area contributed by atoms with Gasteiger partial charge in [0.25, 0.3) is 5.91 Å². The van der Waals surface area contributed by atoms with Crippen LogP contribution in [0.2, 0.25) is 0 Å². The second kappa shape index (κ2) is 8.79. The number of nitrogens with one attached hydrogen (secondary N) is 1. The van der Waals surface area contributed by atoms with Gasteiger partial charge in [-0.25, -0.2) is 13.9 Å². The van der Waals surface area contributed by atoms with Gasteiger partial charge in [0.2, 0.25) is 0 Å². The number of rotatable bonds is 5. The SMILES string of the molecule is [C-]#[N+]c1cccc(-n2nc(C)cc2C(=O)Nc2cc(C(O)c3ccccn3)ccc2F)c1. The van der Waals surface area contributed by atoms with Crippen LogP contribution in [-0.2, 0) is 0 Å². The molecule has 0 saturated heterocycles. The normalized spacial score (nSPS) is 11.6. The van der Waals surface area contributed by atoms with E-state index in [1.165, 1.54) is 22.9 Å². The number of amides is 1. The summed E-state index contributed by atoms with van der Waals surface area (Å²) in [6.07, 6.45) is 0.480. The number of nitrogens with zero attached hydrogens (tertiary/aromatic N) is 4. The lowest BCUT2D eigenvalue weighted by Crippen LogP contribution is -2.18. The van der Waals surface area contributed by atoms with E-state index >= 15 is 0 Å². The van der Waals surface area contributed by atoms with Crippen LogP contribution in [0.15, 0.2) is 72.9 Å². The Labute approximate surface area is 183 Å². The molecule has 32 heavy (non-hydrogen) atoms. The second-order valence-corrected chi connectivity index (χ2v) is 7.06. The topological polar surface area (TPSA) is 84.4 Å². The summed E-state index contributed by atoms with van der Waals surface area (Å²) in [6, 6.07) is 17.4. The first-order valence-electron chi connectivity index (χ1n) is 9.70. The van der Waals surface area contributed by atoms with Crippen LogP contribution in [0.5, 0.6) is 0 Å². The van der Waals surface area contributed by atoms with E-state index in [1.54, 1.807) is 61.7 Å². The molecule has 2 heterocycles. The molecule has 4 rings (SSSR count).